The number of nitrogens with one attached hydrogen (secondary N) is 1. The summed E-state index contributed by atoms with van der Waals surface area (Å²) in [6.45, 7) is 0. The smallest absolute Gasteiger partial charge is 0.247 e. The predicted molar refractivity (Wildman–Crippen MR) is 96.1 cm³/mol. The van der Waals surface area contributed by atoms with Crippen LogP contribution in [-0.2, 0) is 0 Å². The summed E-state index contributed by atoms with van der Waals surface area (Å²) < 4.78 is 7.09. The average Bonchev–Trinajstić information content (AvgIpc) is 3.05. The molecule has 1 unspecified atom stereocenters. The maximum Gasteiger partial charge on any atom is 0.247 e. The molecule has 0 spiro atoms. The van der Waals surface area contributed by atoms with Crippen molar-refractivity contribution >= 4 is 44.7 Å². The van der Waals surface area contributed by atoms with E-state index in [1.54, 1.807) is 11.3 Å². The summed E-state index contributed by atoms with van der Waals surface area (Å²) in [4.78, 5) is 5.58. The number of benzene rings is 1. The molecule has 23 heavy (non-hydrogen) atoms. The third kappa shape index (κ3) is 2.82. The quantitative estimate of drug-likeness (QED) is 0.628. The Labute approximate surface area is 149 Å². The lowest BCUT2D eigenvalue weighted by atomic mass is 10.1. The molecule has 0 aliphatic carbocycles. The van der Waals surface area contributed by atoms with Gasteiger partial charge in [0, 0.05) is 15.7 Å². The molecule has 8 heteroatoms. The summed E-state index contributed by atoms with van der Waals surface area (Å²) in [6, 6.07) is 10.0. The Balaban J connectivity index is 1.90. The van der Waals surface area contributed by atoms with Crippen LogP contribution in [0.4, 0.5) is 5.69 Å². The maximum absolute atomic E-state index is 6.12. The van der Waals surface area contributed by atoms with Gasteiger partial charge in [0.05, 0.1) is 4.88 Å². The number of rotatable bonds is 2. The maximum atomic E-state index is 6.12. The molecule has 0 radical (unpaired) electrons. The summed E-state index contributed by atoms with van der Waals surface area (Å²) in [5, 5.41) is 14.5. The van der Waals surface area contributed by atoms with Gasteiger partial charge >= 0.3 is 0 Å². The summed E-state index contributed by atoms with van der Waals surface area (Å²) in [7, 11) is 0. The van der Waals surface area contributed by atoms with Crippen molar-refractivity contribution in [3.8, 4) is 17.1 Å². The monoisotopic (exact) mass is 406 g/mol. The number of hydrogen-bond acceptors (Lipinski definition) is 7. The van der Waals surface area contributed by atoms with E-state index in [1.807, 2.05) is 42.0 Å². The van der Waals surface area contributed by atoms with Gasteiger partial charge in [-0.2, -0.15) is 4.98 Å². The van der Waals surface area contributed by atoms with E-state index < -0.39 is 0 Å². The third-order valence-electron chi connectivity index (χ3n) is 3.37. The summed E-state index contributed by atoms with van der Waals surface area (Å²) in [5.41, 5.74) is 2.50. The molecule has 3 aromatic rings. The van der Waals surface area contributed by atoms with Crippen LogP contribution in [0.15, 0.2) is 45.3 Å². The van der Waals surface area contributed by atoms with Gasteiger partial charge < -0.3 is 10.1 Å². The zero-order chi connectivity index (χ0) is 15.8. The molecule has 3 heterocycles. The Morgan fingerprint density at radius 2 is 2.22 bits per heavy atom. The second-order valence-corrected chi connectivity index (χ2v) is 7.47. The van der Waals surface area contributed by atoms with Crippen LogP contribution in [0.3, 0.4) is 0 Å². The van der Waals surface area contributed by atoms with Gasteiger partial charge in [0.25, 0.3) is 0 Å². The number of fused-ring (bicyclic) bond motifs is 3. The molecule has 0 bridgehead atoms. The summed E-state index contributed by atoms with van der Waals surface area (Å²) >= 11 is 6.59. The molecule has 1 aliphatic heterocycles. The fraction of sp³-hybridized carbons (Fsp3) is 0.133. The van der Waals surface area contributed by atoms with E-state index in [-0.39, 0.29) is 6.23 Å². The number of thioether (sulfide) groups is 1. The fourth-order valence-corrected chi connectivity index (χ4v) is 3.69. The fourth-order valence-electron chi connectivity index (χ4n) is 2.33. The second kappa shape index (κ2) is 6.10. The molecule has 0 saturated carbocycles. The molecular weight excluding hydrogens is 396 g/mol. The van der Waals surface area contributed by atoms with E-state index in [0.717, 1.165) is 20.6 Å². The molecule has 4 rings (SSSR count). The van der Waals surface area contributed by atoms with Crippen LogP contribution < -0.4 is 10.1 Å². The molecule has 2 aromatic heterocycles. The van der Waals surface area contributed by atoms with E-state index in [1.165, 1.54) is 11.8 Å². The second-order valence-electron chi connectivity index (χ2n) is 4.80. The van der Waals surface area contributed by atoms with E-state index in [0.29, 0.717) is 16.7 Å². The van der Waals surface area contributed by atoms with Crippen LogP contribution >= 0.6 is 39.0 Å². The van der Waals surface area contributed by atoms with E-state index in [2.05, 4.69) is 36.4 Å². The van der Waals surface area contributed by atoms with Crippen molar-refractivity contribution in [3.05, 3.63) is 45.1 Å². The molecule has 116 valence electrons. The molecule has 0 saturated heterocycles. The van der Waals surface area contributed by atoms with Crippen LogP contribution in [0.5, 0.6) is 5.88 Å². The van der Waals surface area contributed by atoms with E-state index in [4.69, 9.17) is 4.74 Å². The first kappa shape index (κ1) is 14.9. The third-order valence-corrected chi connectivity index (χ3v) is 5.32. The summed E-state index contributed by atoms with van der Waals surface area (Å²) in [6.07, 6.45) is 1.61. The first-order valence-corrected chi connectivity index (χ1v) is 9.69. The molecule has 1 atom stereocenters. The number of ether oxygens (including phenoxy) is 1. The molecule has 5 nitrogen and oxygen atoms in total. The van der Waals surface area contributed by atoms with Crippen LogP contribution in [0.2, 0.25) is 0 Å². The highest BCUT2D eigenvalue weighted by Gasteiger charge is 2.26. The SMILES string of the molecule is CSc1nnc2c(n1)OC(c1cccs1)Nc1ccc(Br)cc1-2. The Hall–Kier alpha value is -1.64. The highest BCUT2D eigenvalue weighted by molar-refractivity contribution is 9.10. The number of thiophene rings is 1. The lowest BCUT2D eigenvalue weighted by Crippen LogP contribution is -2.15. The van der Waals surface area contributed by atoms with Crippen LogP contribution in [0.1, 0.15) is 11.1 Å². The standard InChI is InChI=1S/C15H11BrN4OS2/c1-22-15-18-14-12(19-20-15)9-7-8(16)4-5-10(9)17-13(21-14)11-3-2-6-23-11/h2-7,13,17H,1H3. The number of aromatic nitrogens is 3. The highest BCUT2D eigenvalue weighted by atomic mass is 79.9. The molecule has 0 amide bonds. The van der Waals surface area contributed by atoms with Gasteiger partial charge in [0.2, 0.25) is 17.3 Å². The van der Waals surface area contributed by atoms with E-state index in [9.17, 15) is 0 Å². The lowest BCUT2D eigenvalue weighted by Gasteiger charge is -2.17. The Morgan fingerprint density at radius 3 is 3.00 bits per heavy atom. The van der Waals surface area contributed by atoms with Gasteiger partial charge in [-0.25, -0.2) is 0 Å². The highest BCUT2D eigenvalue weighted by Crippen LogP contribution is 2.41. The average molecular weight is 407 g/mol. The van der Waals surface area contributed by atoms with Crippen LogP contribution in [0, 0.1) is 0 Å². The van der Waals surface area contributed by atoms with Gasteiger partial charge in [-0.15, -0.1) is 21.5 Å². The zero-order valence-corrected chi connectivity index (χ0v) is 15.2. The number of nitrogens with zero attached hydrogens (tertiary/aromatic N) is 3. The van der Waals surface area contributed by atoms with Crippen molar-refractivity contribution in [3.63, 3.8) is 0 Å². The van der Waals surface area contributed by atoms with Gasteiger partial charge in [-0.1, -0.05) is 33.8 Å². The van der Waals surface area contributed by atoms with Crippen LogP contribution in [0.25, 0.3) is 11.3 Å². The van der Waals surface area contributed by atoms with Gasteiger partial charge in [-0.3, -0.25) is 0 Å². The predicted octanol–water partition coefficient (Wildman–Crippen LogP) is 4.59. The van der Waals surface area contributed by atoms with E-state index >= 15 is 0 Å². The topological polar surface area (TPSA) is 59.9 Å². The largest absolute Gasteiger partial charge is 0.447 e. The Morgan fingerprint density at radius 1 is 1.30 bits per heavy atom. The molecule has 0 fully saturated rings. The van der Waals surface area contributed by atoms with Gasteiger partial charge in [-0.05, 0) is 35.9 Å². The van der Waals surface area contributed by atoms with Crippen molar-refractivity contribution in [2.75, 3.05) is 11.6 Å². The lowest BCUT2D eigenvalue weighted by molar-refractivity contribution is 0.229. The van der Waals surface area contributed by atoms with Gasteiger partial charge in [0.15, 0.2) is 5.69 Å². The van der Waals surface area contributed by atoms with Gasteiger partial charge in [0.1, 0.15) is 0 Å². The number of halogens is 1. The minimum absolute atomic E-state index is 0.303. The van der Waals surface area contributed by atoms with Crippen molar-refractivity contribution < 1.29 is 4.74 Å². The summed E-state index contributed by atoms with van der Waals surface area (Å²) in [5.74, 6) is 0.493. The van der Waals surface area contributed by atoms with Crippen molar-refractivity contribution in [1.82, 2.24) is 15.2 Å². The van der Waals surface area contributed by atoms with Crippen molar-refractivity contribution in [2.24, 2.45) is 0 Å². The molecule has 1 aliphatic rings. The number of anilines is 1. The molecular formula is C15H11BrN4OS2. The minimum atomic E-state index is -0.303. The van der Waals surface area contributed by atoms with Crippen molar-refractivity contribution in [1.29, 1.82) is 0 Å². The first-order chi connectivity index (χ1) is 11.2. The first-order valence-electron chi connectivity index (χ1n) is 6.80. The Bertz CT molecular complexity index is 857. The number of hydrogen-bond donors (Lipinski definition) is 1. The molecule has 1 N–H and O–H groups in total. The minimum Gasteiger partial charge on any atom is -0.447 e. The van der Waals surface area contributed by atoms with Crippen molar-refractivity contribution in [2.45, 2.75) is 11.4 Å². The molecule has 1 aromatic carbocycles. The van der Waals surface area contributed by atoms with Crippen LogP contribution in [-0.4, -0.2) is 21.4 Å². The zero-order valence-electron chi connectivity index (χ0n) is 12.0. The normalized spacial score (nSPS) is 15.8. The Kier molecular flexibility index (Phi) is 3.96.